The van der Waals surface area contributed by atoms with Crippen molar-refractivity contribution < 1.29 is 9.21 Å². The van der Waals surface area contributed by atoms with Gasteiger partial charge >= 0.3 is 0 Å². The molecule has 1 atom stereocenters. The van der Waals surface area contributed by atoms with Crippen LogP contribution in [0.4, 0.5) is 0 Å². The van der Waals surface area contributed by atoms with E-state index in [0.29, 0.717) is 19.0 Å². The van der Waals surface area contributed by atoms with Gasteiger partial charge in [0.15, 0.2) is 0 Å². The largest absolute Gasteiger partial charge is 0.465 e. The molecule has 1 amide bonds. The molecule has 2 aliphatic heterocycles. The van der Waals surface area contributed by atoms with Gasteiger partial charge in [0.25, 0.3) is 5.91 Å². The molecule has 1 N–H and O–H groups in total. The zero-order chi connectivity index (χ0) is 18.4. The summed E-state index contributed by atoms with van der Waals surface area (Å²) in [6, 6.07) is 0. The van der Waals surface area contributed by atoms with E-state index in [1.807, 2.05) is 18.0 Å². The second-order valence-corrected chi connectivity index (χ2v) is 8.01. The topological polar surface area (TPSA) is 71.3 Å². The van der Waals surface area contributed by atoms with Crippen LogP contribution in [0.25, 0.3) is 0 Å². The lowest BCUT2D eigenvalue weighted by Crippen LogP contribution is -2.37. The van der Waals surface area contributed by atoms with E-state index in [2.05, 4.69) is 10.3 Å². The van der Waals surface area contributed by atoms with Gasteiger partial charge < -0.3 is 14.6 Å². The Morgan fingerprint density at radius 1 is 1.30 bits per heavy atom. The van der Waals surface area contributed by atoms with Gasteiger partial charge in [-0.3, -0.25) is 4.79 Å². The number of aromatic nitrogens is 2. The monoisotopic (exact) mass is 366 g/mol. The summed E-state index contributed by atoms with van der Waals surface area (Å²) in [6.07, 6.45) is 8.05. The summed E-state index contributed by atoms with van der Waals surface area (Å²) < 4.78 is 5.91. The Bertz CT molecular complexity index is 883. The maximum absolute atomic E-state index is 13.3. The van der Waals surface area contributed by atoms with Crippen molar-refractivity contribution >= 4 is 5.91 Å². The first-order valence-corrected chi connectivity index (χ1v) is 10.2. The van der Waals surface area contributed by atoms with E-state index in [4.69, 9.17) is 9.40 Å². The number of amides is 1. The van der Waals surface area contributed by atoms with Crippen molar-refractivity contribution in [3.05, 3.63) is 45.9 Å². The summed E-state index contributed by atoms with van der Waals surface area (Å²) >= 11 is 0. The smallest absolute Gasteiger partial charge is 0.257 e. The maximum Gasteiger partial charge on any atom is 0.257 e. The van der Waals surface area contributed by atoms with Crippen LogP contribution in [0, 0.1) is 6.92 Å². The van der Waals surface area contributed by atoms with E-state index < -0.39 is 0 Å². The molecule has 1 aliphatic carbocycles. The van der Waals surface area contributed by atoms with E-state index >= 15 is 0 Å². The number of aryl methyl sites for hydroxylation is 2. The second-order valence-electron chi connectivity index (χ2n) is 8.01. The van der Waals surface area contributed by atoms with Crippen molar-refractivity contribution in [2.24, 2.45) is 0 Å². The molecule has 3 aliphatic rings. The van der Waals surface area contributed by atoms with Gasteiger partial charge in [0.05, 0.1) is 11.3 Å². The molecule has 4 heterocycles. The molecule has 5 rings (SSSR count). The normalized spacial score (nSPS) is 21.8. The van der Waals surface area contributed by atoms with Crippen molar-refractivity contribution in [1.29, 1.82) is 0 Å². The Morgan fingerprint density at radius 3 is 3.04 bits per heavy atom. The minimum absolute atomic E-state index is 0.106. The molecular formula is C21H26N4O2. The van der Waals surface area contributed by atoms with Crippen LogP contribution in [0.5, 0.6) is 0 Å². The van der Waals surface area contributed by atoms with Crippen LogP contribution in [0.1, 0.15) is 69.7 Å². The fourth-order valence-electron chi connectivity index (χ4n) is 4.72. The van der Waals surface area contributed by atoms with Crippen LogP contribution in [-0.4, -0.2) is 40.4 Å². The van der Waals surface area contributed by atoms with Crippen molar-refractivity contribution in [2.75, 3.05) is 19.6 Å². The molecule has 0 radical (unpaired) electrons. The third-order valence-electron chi connectivity index (χ3n) is 6.23. The lowest BCUT2D eigenvalue weighted by Gasteiger charge is -2.29. The van der Waals surface area contributed by atoms with Gasteiger partial charge in [0, 0.05) is 55.7 Å². The fourth-order valence-corrected chi connectivity index (χ4v) is 4.72. The molecular weight excluding hydrogens is 340 g/mol. The molecule has 0 aromatic carbocycles. The molecule has 0 unspecified atom stereocenters. The van der Waals surface area contributed by atoms with Gasteiger partial charge in [0.2, 0.25) is 0 Å². The lowest BCUT2D eigenvalue weighted by atomic mass is 9.93. The van der Waals surface area contributed by atoms with Crippen molar-refractivity contribution in [2.45, 2.75) is 57.9 Å². The third-order valence-corrected chi connectivity index (χ3v) is 6.23. The van der Waals surface area contributed by atoms with E-state index in [9.17, 15) is 4.79 Å². The molecule has 6 heteroatoms. The molecule has 142 valence electrons. The predicted octanol–water partition coefficient (Wildman–Crippen LogP) is 2.53. The number of carbonyl (C=O) groups excluding carboxylic acids is 1. The predicted molar refractivity (Wildman–Crippen MR) is 101 cm³/mol. The van der Waals surface area contributed by atoms with Crippen LogP contribution < -0.4 is 5.32 Å². The summed E-state index contributed by atoms with van der Waals surface area (Å²) in [5.74, 6) is 3.29. The number of hydrogen-bond donors (Lipinski definition) is 1. The number of hydrogen-bond acceptors (Lipinski definition) is 5. The molecule has 2 aromatic heterocycles. The van der Waals surface area contributed by atoms with Crippen molar-refractivity contribution in [1.82, 2.24) is 20.2 Å². The fraction of sp³-hybridized carbons (Fsp3) is 0.571. The molecule has 1 fully saturated rings. The molecule has 27 heavy (non-hydrogen) atoms. The van der Waals surface area contributed by atoms with Gasteiger partial charge in [-0.25, -0.2) is 9.97 Å². The third kappa shape index (κ3) is 2.96. The zero-order valence-corrected chi connectivity index (χ0v) is 15.9. The van der Waals surface area contributed by atoms with Crippen molar-refractivity contribution in [3.8, 4) is 0 Å². The van der Waals surface area contributed by atoms with E-state index in [1.54, 1.807) is 0 Å². The highest BCUT2D eigenvalue weighted by molar-refractivity contribution is 5.97. The highest BCUT2D eigenvalue weighted by Crippen LogP contribution is 2.31. The van der Waals surface area contributed by atoms with Crippen LogP contribution in [-0.2, 0) is 25.8 Å². The highest BCUT2D eigenvalue weighted by atomic mass is 16.3. The Hall–Kier alpha value is -2.21. The van der Waals surface area contributed by atoms with Crippen molar-refractivity contribution in [3.63, 3.8) is 0 Å². The van der Waals surface area contributed by atoms with Crippen LogP contribution in [0.3, 0.4) is 0 Å². The van der Waals surface area contributed by atoms with Crippen LogP contribution in [0.15, 0.2) is 10.6 Å². The van der Waals surface area contributed by atoms with Crippen LogP contribution in [0.2, 0.25) is 0 Å². The van der Waals surface area contributed by atoms with E-state index in [0.717, 1.165) is 91.3 Å². The Balaban J connectivity index is 1.38. The SMILES string of the molecule is Cc1oc2c(c1C(=O)N1CCc3nc([C@H]4CCNC4)ncc3C1)CCCC2. The average molecular weight is 366 g/mol. The minimum atomic E-state index is 0.106. The quantitative estimate of drug-likeness (QED) is 0.884. The summed E-state index contributed by atoms with van der Waals surface area (Å²) in [5.41, 5.74) is 4.15. The molecule has 0 bridgehead atoms. The average Bonchev–Trinajstić information content (AvgIpc) is 3.34. The number of rotatable bonds is 2. The standard InChI is InChI=1S/C21H26N4O2/c1-13-19(16-4-2-3-5-18(16)27-13)21(26)25-9-7-17-15(12-25)11-23-20(24-17)14-6-8-22-10-14/h11,14,22H,2-10,12H2,1H3/t14-/m0/s1. The molecule has 6 nitrogen and oxygen atoms in total. The number of furan rings is 1. The Morgan fingerprint density at radius 2 is 2.19 bits per heavy atom. The number of carbonyl (C=O) groups is 1. The summed E-state index contributed by atoms with van der Waals surface area (Å²) in [4.78, 5) is 24.6. The Kier molecular flexibility index (Phi) is 4.23. The second kappa shape index (κ2) is 6.75. The number of fused-ring (bicyclic) bond motifs is 2. The van der Waals surface area contributed by atoms with Gasteiger partial charge in [-0.1, -0.05) is 0 Å². The van der Waals surface area contributed by atoms with E-state index in [-0.39, 0.29) is 5.91 Å². The summed E-state index contributed by atoms with van der Waals surface area (Å²) in [7, 11) is 0. The molecule has 0 spiro atoms. The zero-order valence-electron chi connectivity index (χ0n) is 15.9. The minimum Gasteiger partial charge on any atom is -0.465 e. The van der Waals surface area contributed by atoms with Gasteiger partial charge in [-0.05, 0) is 39.2 Å². The number of nitrogens with zero attached hydrogens (tertiary/aromatic N) is 3. The molecule has 0 saturated carbocycles. The van der Waals surface area contributed by atoms with Gasteiger partial charge in [0.1, 0.15) is 17.3 Å². The highest BCUT2D eigenvalue weighted by Gasteiger charge is 2.31. The first-order chi connectivity index (χ1) is 13.2. The lowest BCUT2D eigenvalue weighted by molar-refractivity contribution is 0.0730. The first kappa shape index (κ1) is 16.9. The van der Waals surface area contributed by atoms with Crippen LogP contribution >= 0.6 is 0 Å². The van der Waals surface area contributed by atoms with Gasteiger partial charge in [-0.2, -0.15) is 0 Å². The summed E-state index contributed by atoms with van der Waals surface area (Å²) in [5, 5.41) is 3.38. The molecule has 1 saturated heterocycles. The maximum atomic E-state index is 13.3. The molecule has 2 aromatic rings. The van der Waals surface area contributed by atoms with Gasteiger partial charge in [-0.15, -0.1) is 0 Å². The first-order valence-electron chi connectivity index (χ1n) is 10.2. The number of nitrogens with one attached hydrogen (secondary N) is 1. The Labute approximate surface area is 159 Å². The van der Waals surface area contributed by atoms with E-state index in [1.165, 1.54) is 0 Å². The summed E-state index contributed by atoms with van der Waals surface area (Å²) in [6.45, 7) is 5.24.